The molecule has 0 bridgehead atoms. The molecule has 10 nitrogen and oxygen atoms in total. The fourth-order valence-corrected chi connectivity index (χ4v) is 6.81. The molecule has 2 aromatic rings. The van der Waals surface area contributed by atoms with Crippen LogP contribution >= 0.6 is 23.2 Å². The number of likely N-dealkylation sites (N-methyl/N-ethyl adjacent to an activating group) is 1. The maximum atomic E-state index is 13.3. The van der Waals surface area contributed by atoms with Gasteiger partial charge < -0.3 is 14.5 Å². The Labute approximate surface area is 264 Å². The molecule has 0 aliphatic carbocycles. The molecule has 0 fully saturated rings. The van der Waals surface area contributed by atoms with Gasteiger partial charge in [-0.15, -0.1) is 0 Å². The molecule has 13 heteroatoms. The van der Waals surface area contributed by atoms with Gasteiger partial charge in [0.15, 0.2) is 5.84 Å². The second-order valence-corrected chi connectivity index (χ2v) is 14.1. The predicted molar refractivity (Wildman–Crippen MR) is 168 cm³/mol. The monoisotopic (exact) mass is 654 g/mol. The van der Waals surface area contributed by atoms with E-state index in [0.29, 0.717) is 38.3 Å². The summed E-state index contributed by atoms with van der Waals surface area (Å²) in [5, 5.41) is 1.59. The zero-order chi connectivity index (χ0) is 31.9. The number of aliphatic imine (C=N–C) groups is 1. The zero-order valence-corrected chi connectivity index (χ0v) is 27.8. The number of ether oxygens (including phenoxy) is 1. The number of hydrogen-bond donors (Lipinski definition) is 0. The van der Waals surface area contributed by atoms with Gasteiger partial charge in [0.05, 0.1) is 23.1 Å². The molecule has 1 amide bonds. The van der Waals surface area contributed by atoms with E-state index in [2.05, 4.69) is 4.99 Å². The number of sulfonamides is 1. The molecule has 0 atom stereocenters. The molecule has 0 radical (unpaired) electrons. The Kier molecular flexibility index (Phi) is 11.9. The molecule has 2 aromatic carbocycles. The number of halogens is 2. The summed E-state index contributed by atoms with van der Waals surface area (Å²) >= 11 is 12.2. The Bertz CT molecular complexity index is 1430. The van der Waals surface area contributed by atoms with Crippen LogP contribution in [0, 0.1) is 0 Å². The Morgan fingerprint density at radius 1 is 1.07 bits per heavy atom. The largest absolute Gasteiger partial charge is 0.534 e. The summed E-state index contributed by atoms with van der Waals surface area (Å²) in [4.78, 5) is 36.3. The molecule has 0 saturated carbocycles. The summed E-state index contributed by atoms with van der Waals surface area (Å²) in [5.41, 5.74) is 1.17. The lowest BCUT2D eigenvalue weighted by Crippen LogP contribution is -2.38. The van der Waals surface area contributed by atoms with E-state index in [1.54, 1.807) is 52.6 Å². The lowest BCUT2D eigenvalue weighted by atomic mass is 10.1. The van der Waals surface area contributed by atoms with Crippen molar-refractivity contribution in [3.8, 4) is 0 Å². The van der Waals surface area contributed by atoms with Crippen molar-refractivity contribution in [1.82, 2.24) is 14.3 Å². The first kappa shape index (κ1) is 34.6. The van der Waals surface area contributed by atoms with Gasteiger partial charge in [-0.25, -0.2) is 13.2 Å². The van der Waals surface area contributed by atoms with E-state index in [0.717, 1.165) is 11.1 Å². The summed E-state index contributed by atoms with van der Waals surface area (Å²) in [6, 6.07) is 11.9. The molecule has 1 aliphatic heterocycles. The number of benzene rings is 2. The number of hydroxylamine groups is 2. The predicted octanol–water partition coefficient (Wildman–Crippen LogP) is 5.80. The van der Waals surface area contributed by atoms with Crippen LogP contribution in [0.3, 0.4) is 0 Å². The molecule has 0 unspecified atom stereocenters. The van der Waals surface area contributed by atoms with E-state index in [1.807, 2.05) is 24.3 Å². The van der Waals surface area contributed by atoms with Gasteiger partial charge in [-0.2, -0.15) is 9.37 Å². The summed E-state index contributed by atoms with van der Waals surface area (Å²) in [5.74, 6) is 0.480. The van der Waals surface area contributed by atoms with Crippen molar-refractivity contribution in [2.24, 2.45) is 4.99 Å². The Hall–Kier alpha value is -2.86. The Morgan fingerprint density at radius 3 is 2.37 bits per heavy atom. The van der Waals surface area contributed by atoms with Crippen molar-refractivity contribution < 1.29 is 27.6 Å². The van der Waals surface area contributed by atoms with Crippen LogP contribution in [0.5, 0.6) is 0 Å². The van der Waals surface area contributed by atoms with Crippen molar-refractivity contribution in [3.05, 3.63) is 63.6 Å². The first-order chi connectivity index (χ1) is 20.1. The normalized spacial score (nSPS) is 13.8. The van der Waals surface area contributed by atoms with Gasteiger partial charge >= 0.3 is 6.16 Å². The van der Waals surface area contributed by atoms with E-state index in [4.69, 9.17) is 32.8 Å². The second kappa shape index (κ2) is 14.7. The van der Waals surface area contributed by atoms with Gasteiger partial charge in [0.1, 0.15) is 10.5 Å². The third kappa shape index (κ3) is 9.56. The van der Waals surface area contributed by atoms with Gasteiger partial charge in [0, 0.05) is 38.2 Å². The van der Waals surface area contributed by atoms with Crippen LogP contribution in [0.1, 0.15) is 58.6 Å². The van der Waals surface area contributed by atoms with Crippen LogP contribution in [0.15, 0.2) is 52.4 Å². The van der Waals surface area contributed by atoms with Gasteiger partial charge in [-0.3, -0.25) is 9.79 Å². The molecule has 0 saturated heterocycles. The molecule has 43 heavy (non-hydrogen) atoms. The minimum Gasteiger partial charge on any atom is -0.427 e. The fraction of sp³-hybridized carbons (Fsp3) is 0.500. The van der Waals surface area contributed by atoms with Crippen LogP contribution in [-0.2, 0) is 30.8 Å². The van der Waals surface area contributed by atoms with Crippen molar-refractivity contribution in [1.29, 1.82) is 0 Å². The minimum atomic E-state index is -3.89. The fourth-order valence-electron chi connectivity index (χ4n) is 4.40. The van der Waals surface area contributed by atoms with E-state index >= 15 is 0 Å². The maximum absolute atomic E-state index is 13.3. The lowest BCUT2D eigenvalue weighted by Gasteiger charge is -2.27. The molecule has 0 aromatic heterocycles. The first-order valence-electron chi connectivity index (χ1n) is 14.1. The van der Waals surface area contributed by atoms with E-state index in [9.17, 15) is 18.0 Å². The van der Waals surface area contributed by atoms with Gasteiger partial charge in [-0.1, -0.05) is 53.5 Å². The number of amides is 1. The van der Waals surface area contributed by atoms with Crippen LogP contribution in [0.25, 0.3) is 0 Å². The molecule has 1 aliphatic rings. The first-order valence-corrected chi connectivity index (χ1v) is 16.3. The molecule has 3 rings (SSSR count). The molecular formula is C30H40Cl2N4O6S. The standard InChI is InChI=1S/C30H40Cl2N4O6S/c1-21(2)36(43(39,40)25-10-7-9-24(31)27(25)32)18-8-11-26(37)34(6)19-16-22-12-14-23(15-13-22)28-33-17-20-35(28)42-29(38)41-30(3,4)5/h7,9-10,12-15,21H,8,11,16-20H2,1-6H3. The van der Waals surface area contributed by atoms with Gasteiger partial charge in [-0.05, 0) is 65.2 Å². The summed E-state index contributed by atoms with van der Waals surface area (Å²) < 4.78 is 33.2. The number of rotatable bonds is 12. The van der Waals surface area contributed by atoms with Crippen molar-refractivity contribution in [2.75, 3.05) is 33.2 Å². The summed E-state index contributed by atoms with van der Waals surface area (Å²) in [6.45, 7) is 10.5. The quantitative estimate of drug-likeness (QED) is 0.266. The highest BCUT2D eigenvalue weighted by Crippen LogP contribution is 2.31. The number of nitrogens with zero attached hydrogens (tertiary/aromatic N) is 4. The highest BCUT2D eigenvalue weighted by Gasteiger charge is 2.30. The van der Waals surface area contributed by atoms with Crippen LogP contribution < -0.4 is 0 Å². The molecule has 0 spiro atoms. The van der Waals surface area contributed by atoms with Crippen molar-refractivity contribution in [2.45, 2.75) is 70.4 Å². The Morgan fingerprint density at radius 2 is 1.74 bits per heavy atom. The molecule has 1 heterocycles. The third-order valence-corrected chi connectivity index (χ3v) is 9.65. The van der Waals surface area contributed by atoms with E-state index in [1.165, 1.54) is 21.5 Å². The van der Waals surface area contributed by atoms with Gasteiger partial charge in [0.2, 0.25) is 15.9 Å². The van der Waals surface area contributed by atoms with Crippen LogP contribution in [0.4, 0.5) is 4.79 Å². The van der Waals surface area contributed by atoms with Crippen LogP contribution in [-0.4, -0.2) is 85.5 Å². The third-order valence-electron chi connectivity index (χ3n) is 6.60. The second-order valence-electron chi connectivity index (χ2n) is 11.5. The Balaban J connectivity index is 1.50. The zero-order valence-electron chi connectivity index (χ0n) is 25.5. The van der Waals surface area contributed by atoms with E-state index in [-0.39, 0.29) is 39.9 Å². The average Bonchev–Trinajstić information content (AvgIpc) is 3.37. The highest BCUT2D eigenvalue weighted by atomic mass is 35.5. The molecule has 0 N–H and O–H groups in total. The molecule has 236 valence electrons. The van der Waals surface area contributed by atoms with Gasteiger partial charge in [0.25, 0.3) is 0 Å². The van der Waals surface area contributed by atoms with Crippen molar-refractivity contribution in [3.63, 3.8) is 0 Å². The smallest absolute Gasteiger partial charge is 0.427 e. The van der Waals surface area contributed by atoms with Crippen LogP contribution in [0.2, 0.25) is 10.0 Å². The number of carbonyl (C=O) groups excluding carboxylic acids is 2. The summed E-state index contributed by atoms with van der Waals surface area (Å²) in [7, 11) is -2.16. The SMILES string of the molecule is CC(C)N(CCCC(=O)N(C)CCc1ccc(C2=NCCN2OC(=O)OC(C)(C)C)cc1)S(=O)(=O)c1cccc(Cl)c1Cl. The highest BCUT2D eigenvalue weighted by molar-refractivity contribution is 7.89. The number of amidine groups is 1. The van der Waals surface area contributed by atoms with E-state index < -0.39 is 21.8 Å². The number of hydrogen-bond acceptors (Lipinski definition) is 8. The topological polar surface area (TPSA) is 109 Å². The minimum absolute atomic E-state index is 0.0126. The maximum Gasteiger partial charge on any atom is 0.534 e. The summed E-state index contributed by atoms with van der Waals surface area (Å²) in [6.07, 6.45) is 0.408. The molecular weight excluding hydrogens is 615 g/mol. The lowest BCUT2D eigenvalue weighted by molar-refractivity contribution is -0.130. The van der Waals surface area contributed by atoms with Crippen molar-refractivity contribution >= 4 is 51.1 Å². The number of carbonyl (C=O) groups is 2. The average molecular weight is 656 g/mol.